The minimum absolute atomic E-state index is 0.0318. The second-order valence-corrected chi connectivity index (χ2v) is 13.9. The molecule has 0 bridgehead atoms. The van der Waals surface area contributed by atoms with Gasteiger partial charge < -0.3 is 5.11 Å². The molecule has 4 aliphatic carbocycles. The summed E-state index contributed by atoms with van der Waals surface area (Å²) in [6, 6.07) is 0. The van der Waals surface area contributed by atoms with E-state index in [0.717, 1.165) is 25.2 Å². The number of ketones is 1. The summed E-state index contributed by atoms with van der Waals surface area (Å²) in [5.41, 5.74) is -1.47. The highest BCUT2D eigenvalue weighted by Gasteiger charge is 2.62. The van der Waals surface area contributed by atoms with E-state index >= 15 is 0 Å². The average molecular weight is 518 g/mol. The molecule has 184 valence electrons. The van der Waals surface area contributed by atoms with Crippen molar-refractivity contribution in [3.63, 3.8) is 0 Å². The Labute approximate surface area is 201 Å². The Hall–Kier alpha value is -0.0300. The first-order valence-corrected chi connectivity index (χ1v) is 13.9. The smallest absolute Gasteiger partial charge is 0.275 e. The Bertz CT molecular complexity index is 734. The Morgan fingerprint density at radius 3 is 2.31 bits per heavy atom. The summed E-state index contributed by atoms with van der Waals surface area (Å²) in [4.78, 5) is 12.4. The zero-order valence-electron chi connectivity index (χ0n) is 20.6. The van der Waals surface area contributed by atoms with Gasteiger partial charge in [-0.1, -0.05) is 36.7 Å². The second kappa shape index (κ2) is 8.28. The maximum atomic E-state index is 14.4. The molecule has 0 aromatic heterocycles. The number of alkyl halides is 3. The van der Waals surface area contributed by atoms with Crippen molar-refractivity contribution in [2.45, 2.75) is 115 Å². The van der Waals surface area contributed by atoms with Gasteiger partial charge in [-0.25, -0.2) is 8.78 Å². The van der Waals surface area contributed by atoms with Gasteiger partial charge in [0.25, 0.3) is 5.92 Å². The summed E-state index contributed by atoms with van der Waals surface area (Å²) in [5.74, 6) is 0.662. The molecule has 2 unspecified atom stereocenters. The number of fused-ring (bicyclic) bond motifs is 5. The highest BCUT2D eigenvalue weighted by atomic mass is 79.9. The minimum atomic E-state index is -3.05. The summed E-state index contributed by atoms with van der Waals surface area (Å²) < 4.78 is 28.8. The zero-order chi connectivity index (χ0) is 23.7. The molecule has 9 atom stereocenters. The number of carbonyl (C=O) groups is 1. The maximum Gasteiger partial charge on any atom is 0.275 e. The normalized spacial score (nSPS) is 45.7. The molecule has 4 saturated carbocycles. The fraction of sp³-hybridized carbons (Fsp3) is 0.963. The molecule has 0 aromatic rings. The van der Waals surface area contributed by atoms with Crippen LogP contribution in [0.15, 0.2) is 0 Å². The molecule has 2 nitrogen and oxygen atoms in total. The van der Waals surface area contributed by atoms with Crippen molar-refractivity contribution in [2.75, 3.05) is 0 Å². The van der Waals surface area contributed by atoms with Crippen LogP contribution in [0.1, 0.15) is 98.8 Å². The number of halogens is 3. The molecule has 0 aliphatic heterocycles. The van der Waals surface area contributed by atoms with Crippen LogP contribution in [0.4, 0.5) is 8.78 Å². The number of hydrogen-bond acceptors (Lipinski definition) is 2. The lowest BCUT2D eigenvalue weighted by Gasteiger charge is -2.61. The van der Waals surface area contributed by atoms with Crippen molar-refractivity contribution in [1.82, 2.24) is 0 Å². The molecule has 0 radical (unpaired) electrons. The molecule has 4 rings (SSSR count). The summed E-state index contributed by atoms with van der Waals surface area (Å²) in [6.45, 7) is 9.54. The fourth-order valence-corrected chi connectivity index (χ4v) is 10.1. The second-order valence-electron chi connectivity index (χ2n) is 12.9. The topological polar surface area (TPSA) is 37.3 Å². The average Bonchev–Trinajstić information content (AvgIpc) is 3.06. The van der Waals surface area contributed by atoms with E-state index in [1.165, 1.54) is 39.5 Å². The van der Waals surface area contributed by atoms with Crippen LogP contribution in [0, 0.1) is 46.3 Å². The largest absolute Gasteiger partial charge is 0.384 e. The van der Waals surface area contributed by atoms with Gasteiger partial charge in [0.05, 0.1) is 4.83 Å². The van der Waals surface area contributed by atoms with Gasteiger partial charge in [-0.2, -0.15) is 0 Å². The molecular weight excluding hydrogens is 474 g/mol. The number of Topliss-reactive ketones (excluding diaryl/α,β-unsaturated/α-hetero) is 1. The van der Waals surface area contributed by atoms with E-state index in [-0.39, 0.29) is 28.0 Å². The third kappa shape index (κ3) is 3.84. The van der Waals surface area contributed by atoms with E-state index in [4.69, 9.17) is 0 Å². The van der Waals surface area contributed by atoms with Gasteiger partial charge in [0.15, 0.2) is 0 Å². The highest BCUT2D eigenvalue weighted by Crippen LogP contribution is 2.68. The summed E-state index contributed by atoms with van der Waals surface area (Å²) >= 11 is 3.76. The molecular formula is C27H43BrF2O2. The van der Waals surface area contributed by atoms with Crippen molar-refractivity contribution < 1.29 is 18.7 Å². The molecule has 4 fully saturated rings. The van der Waals surface area contributed by atoms with Gasteiger partial charge in [0.2, 0.25) is 0 Å². The van der Waals surface area contributed by atoms with Crippen LogP contribution in [0.3, 0.4) is 0 Å². The monoisotopic (exact) mass is 516 g/mol. The summed E-state index contributed by atoms with van der Waals surface area (Å²) in [5, 5.41) is 9.87. The van der Waals surface area contributed by atoms with Crippen LogP contribution in [0.2, 0.25) is 0 Å². The number of carbonyl (C=O) groups excluding carboxylic acids is 1. The Balaban J connectivity index is 1.48. The Kier molecular flexibility index (Phi) is 6.49. The standard InChI is InChI=1S/C27H43BrF2O2/c1-16(10-15-27(29,30)24(2,3)32)18-8-9-19-17-6-7-21-23(28)22(31)12-14-26(21,5)20(17)11-13-25(18,19)4/h16-21,23,32H,6-15H2,1-5H3/t16-,17+,18-,19+,20+,21?,23?,25-,26-/m1/s1. The van der Waals surface area contributed by atoms with Gasteiger partial charge in [-0.05, 0) is 112 Å². The van der Waals surface area contributed by atoms with Crippen molar-refractivity contribution in [1.29, 1.82) is 0 Å². The van der Waals surface area contributed by atoms with Gasteiger partial charge in [-0.3, -0.25) is 4.79 Å². The maximum absolute atomic E-state index is 14.4. The lowest BCUT2D eigenvalue weighted by atomic mass is 9.44. The number of hydrogen-bond donors (Lipinski definition) is 1. The van der Waals surface area contributed by atoms with E-state index in [1.807, 2.05) is 0 Å². The van der Waals surface area contributed by atoms with Crippen molar-refractivity contribution in [2.24, 2.45) is 46.3 Å². The van der Waals surface area contributed by atoms with E-state index in [2.05, 4.69) is 36.7 Å². The first-order chi connectivity index (χ1) is 14.7. The van der Waals surface area contributed by atoms with Crippen LogP contribution in [-0.2, 0) is 4.79 Å². The molecule has 5 heteroatoms. The summed E-state index contributed by atoms with van der Waals surface area (Å²) in [6.07, 6.45) is 9.15. The van der Waals surface area contributed by atoms with Crippen LogP contribution in [0.5, 0.6) is 0 Å². The van der Waals surface area contributed by atoms with Gasteiger partial charge in [-0.15, -0.1) is 0 Å². The van der Waals surface area contributed by atoms with Crippen LogP contribution < -0.4 is 0 Å². The van der Waals surface area contributed by atoms with E-state index < -0.39 is 11.5 Å². The molecule has 0 heterocycles. The molecule has 0 amide bonds. The predicted octanol–water partition coefficient (Wildman–Crippen LogP) is 7.41. The van der Waals surface area contributed by atoms with Crippen LogP contribution in [-0.4, -0.2) is 27.2 Å². The van der Waals surface area contributed by atoms with Gasteiger partial charge in [0.1, 0.15) is 11.4 Å². The SMILES string of the molecule is C[C@H](CCC(F)(F)C(C)(C)O)[C@H]1CC[C@H]2[C@@H]3CCC4C(Br)C(=O)CC[C@]4(C)[C@H]3CC[C@]12C. The van der Waals surface area contributed by atoms with Crippen LogP contribution >= 0.6 is 15.9 Å². The summed E-state index contributed by atoms with van der Waals surface area (Å²) in [7, 11) is 0. The van der Waals surface area contributed by atoms with Gasteiger partial charge in [0, 0.05) is 12.8 Å². The predicted molar refractivity (Wildman–Crippen MR) is 128 cm³/mol. The lowest BCUT2D eigenvalue weighted by molar-refractivity contribution is -0.168. The first-order valence-electron chi connectivity index (χ1n) is 13.0. The molecule has 0 spiro atoms. The molecule has 4 aliphatic rings. The quantitative estimate of drug-likeness (QED) is 0.386. The molecule has 0 saturated heterocycles. The van der Waals surface area contributed by atoms with Crippen LogP contribution in [0.25, 0.3) is 0 Å². The first kappa shape index (κ1) is 25.1. The van der Waals surface area contributed by atoms with E-state index in [0.29, 0.717) is 42.3 Å². The zero-order valence-corrected chi connectivity index (χ0v) is 22.2. The van der Waals surface area contributed by atoms with E-state index in [1.54, 1.807) is 0 Å². The third-order valence-electron chi connectivity index (χ3n) is 11.1. The van der Waals surface area contributed by atoms with Gasteiger partial charge >= 0.3 is 0 Å². The van der Waals surface area contributed by atoms with Crippen molar-refractivity contribution in [3.05, 3.63) is 0 Å². The number of aliphatic hydroxyl groups is 1. The highest BCUT2D eigenvalue weighted by molar-refractivity contribution is 9.10. The van der Waals surface area contributed by atoms with Crippen molar-refractivity contribution >= 4 is 21.7 Å². The lowest BCUT2D eigenvalue weighted by Crippen LogP contribution is -2.56. The Morgan fingerprint density at radius 1 is 1.03 bits per heavy atom. The van der Waals surface area contributed by atoms with Crippen molar-refractivity contribution in [3.8, 4) is 0 Å². The third-order valence-corrected chi connectivity index (χ3v) is 12.2. The Morgan fingerprint density at radius 2 is 1.66 bits per heavy atom. The molecule has 1 N–H and O–H groups in total. The molecule has 32 heavy (non-hydrogen) atoms. The minimum Gasteiger partial charge on any atom is -0.384 e. The van der Waals surface area contributed by atoms with E-state index in [9.17, 15) is 18.7 Å². The fourth-order valence-electron chi connectivity index (χ4n) is 8.98. The number of rotatable bonds is 5. The molecule has 0 aromatic carbocycles.